The number of benzene rings is 1. The average molecular weight is 552 g/mol. The molecule has 0 aliphatic heterocycles. The number of nitrogens with two attached hydrogens (primary N) is 1. The summed E-state index contributed by atoms with van der Waals surface area (Å²) in [5.41, 5.74) is 7.70. The van der Waals surface area contributed by atoms with Gasteiger partial charge in [-0.05, 0) is 42.8 Å². The van der Waals surface area contributed by atoms with E-state index >= 15 is 0 Å². The molecule has 0 fully saturated rings. The van der Waals surface area contributed by atoms with Crippen LogP contribution >= 0.6 is 0 Å². The second-order valence-electron chi connectivity index (χ2n) is 9.08. The van der Waals surface area contributed by atoms with Gasteiger partial charge in [-0.3, -0.25) is 9.20 Å². The van der Waals surface area contributed by atoms with Gasteiger partial charge in [0, 0.05) is 18.0 Å². The lowest BCUT2D eigenvalue weighted by Crippen LogP contribution is -2.23. The van der Waals surface area contributed by atoms with Gasteiger partial charge in [0.25, 0.3) is 5.56 Å². The van der Waals surface area contributed by atoms with Crippen LogP contribution in [-0.4, -0.2) is 41.2 Å². The van der Waals surface area contributed by atoms with Crippen molar-refractivity contribution in [1.29, 1.82) is 5.26 Å². The van der Waals surface area contributed by atoms with E-state index in [1.165, 1.54) is 54.6 Å². The Hall–Kier alpha value is -5.77. The zero-order valence-electron chi connectivity index (χ0n) is 21.6. The maximum Gasteiger partial charge on any atom is 0.266 e. The summed E-state index contributed by atoms with van der Waals surface area (Å²) in [6, 6.07) is 10.9. The van der Waals surface area contributed by atoms with E-state index in [2.05, 4.69) is 19.9 Å². The van der Waals surface area contributed by atoms with Gasteiger partial charge >= 0.3 is 0 Å². The molecule has 0 radical (unpaired) electrons. The summed E-state index contributed by atoms with van der Waals surface area (Å²) in [7, 11) is 1.41. The van der Waals surface area contributed by atoms with E-state index in [0.29, 0.717) is 22.3 Å². The molecular formula is C28H19F2N9O2. The standard InChI is InChI=1S/C28H19F2N9O2/c1-14(23-21(15-4-3-5-18(29)9-15)28(40)38-12-19(30)6-7-20(38)36-23)39-26-22(25(32)34-13-35-26)24(37-39)17-8-16(10-31)27(41-2)33-11-17/h3-9,11-14H,1-2H3,(H2,32,34,35). The Morgan fingerprint density at radius 3 is 2.66 bits per heavy atom. The first-order valence-corrected chi connectivity index (χ1v) is 12.2. The summed E-state index contributed by atoms with van der Waals surface area (Å²) in [6.07, 6.45) is 3.79. The van der Waals surface area contributed by atoms with Crippen molar-refractivity contribution >= 4 is 22.5 Å². The molecule has 0 bridgehead atoms. The van der Waals surface area contributed by atoms with Crippen molar-refractivity contribution in [2.45, 2.75) is 13.0 Å². The Bertz CT molecular complexity index is 2100. The van der Waals surface area contributed by atoms with Crippen molar-refractivity contribution in [2.24, 2.45) is 0 Å². The first-order chi connectivity index (χ1) is 19.8. The van der Waals surface area contributed by atoms with Gasteiger partial charge in [-0.2, -0.15) is 10.4 Å². The number of rotatable bonds is 5. The molecule has 11 nitrogen and oxygen atoms in total. The van der Waals surface area contributed by atoms with Crippen molar-refractivity contribution in [3.63, 3.8) is 0 Å². The Kier molecular flexibility index (Phi) is 6.07. The van der Waals surface area contributed by atoms with Gasteiger partial charge in [-0.25, -0.2) is 33.4 Å². The minimum atomic E-state index is -0.761. The second kappa shape index (κ2) is 9.76. The lowest BCUT2D eigenvalue weighted by Gasteiger charge is -2.18. The van der Waals surface area contributed by atoms with Gasteiger partial charge in [0.1, 0.15) is 46.8 Å². The van der Waals surface area contributed by atoms with Crippen LogP contribution in [0.2, 0.25) is 0 Å². The van der Waals surface area contributed by atoms with Gasteiger partial charge in [0.2, 0.25) is 5.88 Å². The SMILES string of the molecule is COc1ncc(-c2nn(C(C)c3nc4ccc(F)cn4c(=O)c3-c3cccc(F)c3)c3ncnc(N)c23)cc1C#N. The molecule has 2 N–H and O–H groups in total. The van der Waals surface area contributed by atoms with E-state index in [1.807, 2.05) is 6.07 Å². The first kappa shape index (κ1) is 25.5. The molecule has 5 aromatic heterocycles. The fraction of sp³-hybridized carbons (Fsp3) is 0.107. The largest absolute Gasteiger partial charge is 0.480 e. The lowest BCUT2D eigenvalue weighted by atomic mass is 10.0. The van der Waals surface area contributed by atoms with E-state index in [1.54, 1.807) is 19.1 Å². The number of aromatic nitrogens is 7. The molecule has 0 aliphatic carbocycles. The molecule has 1 aromatic carbocycles. The highest BCUT2D eigenvalue weighted by Gasteiger charge is 2.27. The van der Waals surface area contributed by atoms with Crippen LogP contribution in [-0.2, 0) is 0 Å². The van der Waals surface area contributed by atoms with E-state index < -0.39 is 23.2 Å². The zero-order chi connectivity index (χ0) is 28.8. The van der Waals surface area contributed by atoms with Crippen molar-refractivity contribution in [3.8, 4) is 34.3 Å². The summed E-state index contributed by atoms with van der Waals surface area (Å²) in [4.78, 5) is 31.1. The van der Waals surface area contributed by atoms with E-state index in [-0.39, 0.29) is 39.7 Å². The number of fused-ring (bicyclic) bond motifs is 2. The topological polar surface area (TPSA) is 150 Å². The number of pyridine rings is 2. The zero-order valence-corrected chi connectivity index (χ0v) is 21.6. The molecule has 1 unspecified atom stereocenters. The average Bonchev–Trinajstić information content (AvgIpc) is 3.37. The Balaban J connectivity index is 1.63. The third kappa shape index (κ3) is 4.18. The van der Waals surface area contributed by atoms with Crippen molar-refractivity contribution in [2.75, 3.05) is 12.8 Å². The third-order valence-corrected chi connectivity index (χ3v) is 6.65. The van der Waals surface area contributed by atoms with Crippen LogP contribution in [0.25, 0.3) is 39.1 Å². The first-order valence-electron chi connectivity index (χ1n) is 12.2. The molecule has 0 spiro atoms. The summed E-state index contributed by atoms with van der Waals surface area (Å²) in [6.45, 7) is 1.74. The summed E-state index contributed by atoms with van der Waals surface area (Å²) in [5, 5.41) is 14.7. The number of nitrogen functional groups attached to an aromatic ring is 1. The molecule has 13 heteroatoms. The van der Waals surface area contributed by atoms with E-state index in [9.17, 15) is 18.8 Å². The number of halogens is 2. The van der Waals surface area contributed by atoms with E-state index in [0.717, 1.165) is 10.6 Å². The van der Waals surface area contributed by atoms with Crippen LogP contribution in [0.1, 0.15) is 24.2 Å². The Morgan fingerprint density at radius 2 is 1.90 bits per heavy atom. The molecule has 41 heavy (non-hydrogen) atoms. The molecule has 1 atom stereocenters. The van der Waals surface area contributed by atoms with Crippen LogP contribution in [0, 0.1) is 23.0 Å². The van der Waals surface area contributed by atoms with Gasteiger partial charge in [0.15, 0.2) is 5.65 Å². The summed E-state index contributed by atoms with van der Waals surface area (Å²) in [5.74, 6) is -0.913. The third-order valence-electron chi connectivity index (χ3n) is 6.65. The molecule has 0 aliphatic rings. The number of nitrogens with zero attached hydrogens (tertiary/aromatic N) is 8. The number of hydrogen-bond acceptors (Lipinski definition) is 9. The molecule has 5 heterocycles. The summed E-state index contributed by atoms with van der Waals surface area (Å²) >= 11 is 0. The molecule has 202 valence electrons. The molecule has 0 saturated heterocycles. The number of methoxy groups -OCH3 is 1. The minimum absolute atomic E-state index is 0.0604. The number of hydrogen-bond donors (Lipinski definition) is 1. The quantitative estimate of drug-likeness (QED) is 0.336. The number of anilines is 1. The van der Waals surface area contributed by atoms with Crippen LogP contribution in [0.15, 0.2) is 66.0 Å². The highest BCUT2D eigenvalue weighted by atomic mass is 19.1. The van der Waals surface area contributed by atoms with Crippen LogP contribution in [0.5, 0.6) is 5.88 Å². The molecule has 0 saturated carbocycles. The lowest BCUT2D eigenvalue weighted by molar-refractivity contribution is 0.396. The molecular weight excluding hydrogens is 532 g/mol. The predicted octanol–water partition coefficient (Wildman–Crippen LogP) is 3.91. The van der Waals surface area contributed by atoms with Crippen molar-refractivity contribution in [3.05, 3.63) is 94.4 Å². The Morgan fingerprint density at radius 1 is 1.07 bits per heavy atom. The Labute approximate surface area is 230 Å². The monoisotopic (exact) mass is 551 g/mol. The van der Waals surface area contributed by atoms with Gasteiger partial charge < -0.3 is 10.5 Å². The molecule has 6 rings (SSSR count). The number of nitriles is 1. The fourth-order valence-electron chi connectivity index (χ4n) is 4.76. The smallest absolute Gasteiger partial charge is 0.266 e. The van der Waals surface area contributed by atoms with Crippen molar-refractivity contribution in [1.82, 2.24) is 34.1 Å². The fourth-order valence-corrected chi connectivity index (χ4v) is 4.76. The predicted molar refractivity (Wildman–Crippen MR) is 145 cm³/mol. The van der Waals surface area contributed by atoms with Crippen LogP contribution < -0.4 is 16.0 Å². The normalized spacial score (nSPS) is 12.0. The van der Waals surface area contributed by atoms with Crippen LogP contribution in [0.3, 0.4) is 0 Å². The minimum Gasteiger partial charge on any atom is -0.480 e. The highest BCUT2D eigenvalue weighted by Crippen LogP contribution is 2.35. The van der Waals surface area contributed by atoms with Gasteiger partial charge in [0.05, 0.1) is 29.8 Å². The van der Waals surface area contributed by atoms with Crippen molar-refractivity contribution < 1.29 is 13.5 Å². The second-order valence-corrected chi connectivity index (χ2v) is 9.08. The van der Waals surface area contributed by atoms with E-state index in [4.69, 9.17) is 15.6 Å². The maximum absolute atomic E-state index is 14.3. The molecule has 0 amide bonds. The molecule has 6 aromatic rings. The maximum atomic E-state index is 14.3. The highest BCUT2D eigenvalue weighted by molar-refractivity contribution is 5.98. The van der Waals surface area contributed by atoms with Crippen LogP contribution in [0.4, 0.5) is 14.6 Å². The van der Waals surface area contributed by atoms with Gasteiger partial charge in [-0.15, -0.1) is 0 Å². The van der Waals surface area contributed by atoms with Gasteiger partial charge in [-0.1, -0.05) is 12.1 Å². The number of ether oxygens (including phenoxy) is 1. The summed E-state index contributed by atoms with van der Waals surface area (Å²) < 4.78 is 36.1.